The van der Waals surface area contributed by atoms with E-state index in [2.05, 4.69) is 47.7 Å². The summed E-state index contributed by atoms with van der Waals surface area (Å²) in [5, 5.41) is 6.67. The van der Waals surface area contributed by atoms with Gasteiger partial charge in [-0.25, -0.2) is 10.2 Å². The molecule has 3 aromatic carbocycles. The average molecular weight is 611 g/mol. The monoisotopic (exact) mass is 609 g/mol. The molecule has 0 bridgehead atoms. The average Bonchev–Trinajstić information content (AvgIpc) is 3.42. The van der Waals surface area contributed by atoms with Crippen molar-refractivity contribution in [2.75, 3.05) is 5.32 Å². The number of carbonyl (C=O) groups excluding carboxylic acids is 3. The number of benzene rings is 3. The van der Waals surface area contributed by atoms with Gasteiger partial charge in [0.05, 0.1) is 18.0 Å². The van der Waals surface area contributed by atoms with Crippen LogP contribution in [-0.4, -0.2) is 24.0 Å². The van der Waals surface area contributed by atoms with Gasteiger partial charge in [0.25, 0.3) is 11.8 Å². The number of nitrogens with one attached hydrogen (secondary N) is 2. The fraction of sp³-hybridized carbons (Fsp3) is 0. The number of halogens is 2. The van der Waals surface area contributed by atoms with Gasteiger partial charge in [0.2, 0.25) is 0 Å². The molecule has 0 saturated heterocycles. The molecule has 10 heteroatoms. The summed E-state index contributed by atoms with van der Waals surface area (Å²) in [5.74, 6) is -0.921. The van der Waals surface area contributed by atoms with Crippen LogP contribution in [0.2, 0.25) is 0 Å². The minimum atomic E-state index is -0.525. The summed E-state index contributed by atoms with van der Waals surface area (Å²) in [4.78, 5) is 37.0. The van der Waals surface area contributed by atoms with Crippen LogP contribution in [0.4, 0.5) is 5.69 Å². The second-order valence-corrected chi connectivity index (χ2v) is 9.12. The molecule has 0 spiro atoms. The minimum Gasteiger partial charge on any atom is -0.459 e. The predicted molar refractivity (Wildman–Crippen MR) is 141 cm³/mol. The lowest BCUT2D eigenvalue weighted by Gasteiger charge is -2.08. The van der Waals surface area contributed by atoms with Crippen LogP contribution >= 0.6 is 31.9 Å². The van der Waals surface area contributed by atoms with Crippen molar-refractivity contribution in [3.63, 3.8) is 0 Å². The summed E-state index contributed by atoms with van der Waals surface area (Å²) in [6.45, 7) is 0. The Labute approximate surface area is 222 Å². The molecule has 180 valence electrons. The third-order valence-corrected chi connectivity index (χ3v) is 5.80. The van der Waals surface area contributed by atoms with Crippen molar-refractivity contribution in [3.8, 4) is 5.75 Å². The van der Waals surface area contributed by atoms with E-state index >= 15 is 0 Å². The van der Waals surface area contributed by atoms with Crippen LogP contribution in [0.3, 0.4) is 0 Å². The Balaban J connectivity index is 1.39. The molecule has 36 heavy (non-hydrogen) atoms. The number of anilines is 1. The number of hydrogen-bond acceptors (Lipinski definition) is 6. The summed E-state index contributed by atoms with van der Waals surface area (Å²) in [7, 11) is 0. The van der Waals surface area contributed by atoms with E-state index < -0.39 is 17.8 Å². The van der Waals surface area contributed by atoms with E-state index in [0.29, 0.717) is 22.4 Å². The molecule has 1 aromatic heterocycles. The van der Waals surface area contributed by atoms with Gasteiger partial charge in [-0.05, 0) is 78.9 Å². The van der Waals surface area contributed by atoms with Gasteiger partial charge in [0.15, 0.2) is 5.76 Å². The largest absolute Gasteiger partial charge is 0.459 e. The molecule has 1 heterocycles. The summed E-state index contributed by atoms with van der Waals surface area (Å²) in [6, 6.07) is 21.3. The van der Waals surface area contributed by atoms with Crippen LogP contribution in [0.1, 0.15) is 36.8 Å². The first-order chi connectivity index (χ1) is 17.4. The van der Waals surface area contributed by atoms with Gasteiger partial charge >= 0.3 is 5.97 Å². The number of hydrazone groups is 1. The van der Waals surface area contributed by atoms with Gasteiger partial charge in [-0.3, -0.25) is 9.59 Å². The highest BCUT2D eigenvalue weighted by atomic mass is 79.9. The zero-order chi connectivity index (χ0) is 25.5. The molecule has 0 aliphatic heterocycles. The van der Waals surface area contributed by atoms with E-state index in [-0.39, 0.29) is 11.5 Å². The van der Waals surface area contributed by atoms with Crippen LogP contribution in [0, 0.1) is 0 Å². The van der Waals surface area contributed by atoms with Crippen molar-refractivity contribution in [3.05, 3.63) is 117 Å². The molecule has 2 N–H and O–H groups in total. The van der Waals surface area contributed by atoms with Crippen molar-refractivity contribution in [1.29, 1.82) is 0 Å². The van der Waals surface area contributed by atoms with Crippen LogP contribution < -0.4 is 15.5 Å². The second kappa shape index (κ2) is 11.6. The second-order valence-electron chi connectivity index (χ2n) is 7.29. The lowest BCUT2D eigenvalue weighted by Crippen LogP contribution is -2.18. The van der Waals surface area contributed by atoms with Crippen LogP contribution in [0.15, 0.2) is 104 Å². The Morgan fingerprint density at radius 1 is 0.833 bits per heavy atom. The lowest BCUT2D eigenvalue weighted by molar-refractivity contribution is 0.0733. The maximum Gasteiger partial charge on any atom is 0.343 e. The minimum absolute atomic E-state index is 0.181. The van der Waals surface area contributed by atoms with Gasteiger partial charge in [-0.15, -0.1) is 0 Å². The molecular formula is C26H17Br2N3O5. The van der Waals surface area contributed by atoms with Crippen LogP contribution in [0.25, 0.3) is 0 Å². The van der Waals surface area contributed by atoms with Gasteiger partial charge in [0.1, 0.15) is 5.75 Å². The number of esters is 1. The van der Waals surface area contributed by atoms with E-state index in [0.717, 1.165) is 8.95 Å². The highest BCUT2D eigenvalue weighted by Crippen LogP contribution is 2.23. The number of furan rings is 1. The summed E-state index contributed by atoms with van der Waals surface area (Å²) < 4.78 is 12.2. The highest BCUT2D eigenvalue weighted by molar-refractivity contribution is 9.10. The van der Waals surface area contributed by atoms with E-state index in [1.54, 1.807) is 78.9 Å². The van der Waals surface area contributed by atoms with E-state index in [1.807, 2.05) is 0 Å². The fourth-order valence-corrected chi connectivity index (χ4v) is 3.63. The maximum atomic E-state index is 12.5. The summed E-state index contributed by atoms with van der Waals surface area (Å²) in [5.41, 5.74) is 4.14. The van der Waals surface area contributed by atoms with E-state index in [1.165, 1.54) is 12.5 Å². The molecule has 0 aliphatic carbocycles. The molecule has 0 unspecified atom stereocenters. The number of carbonyl (C=O) groups is 3. The molecule has 8 nitrogen and oxygen atoms in total. The highest BCUT2D eigenvalue weighted by Gasteiger charge is 2.13. The number of ether oxygens (including phenoxy) is 1. The Morgan fingerprint density at radius 2 is 1.53 bits per heavy atom. The first-order valence-corrected chi connectivity index (χ1v) is 12.0. The molecule has 0 fully saturated rings. The molecule has 0 saturated carbocycles. The molecule has 4 aromatic rings. The lowest BCUT2D eigenvalue weighted by atomic mass is 10.2. The van der Waals surface area contributed by atoms with E-state index in [9.17, 15) is 14.4 Å². The molecule has 2 amide bonds. The smallest absolute Gasteiger partial charge is 0.343 e. The molecular weight excluding hydrogens is 594 g/mol. The fourth-order valence-electron chi connectivity index (χ4n) is 2.99. The number of hydrogen-bond donors (Lipinski definition) is 2. The quantitative estimate of drug-likeness (QED) is 0.115. The topological polar surface area (TPSA) is 110 Å². The van der Waals surface area contributed by atoms with Crippen LogP contribution in [-0.2, 0) is 0 Å². The zero-order valence-corrected chi connectivity index (χ0v) is 21.6. The van der Waals surface area contributed by atoms with Crippen molar-refractivity contribution in [2.45, 2.75) is 0 Å². The van der Waals surface area contributed by atoms with Crippen molar-refractivity contribution < 1.29 is 23.5 Å². The van der Waals surface area contributed by atoms with Gasteiger partial charge in [-0.2, -0.15) is 5.10 Å². The SMILES string of the molecule is O=C(N/N=C\c1cc(Br)ccc1OC(=O)c1ccc(Br)cc1)c1ccc(NC(=O)c2ccco2)cc1. The summed E-state index contributed by atoms with van der Waals surface area (Å²) >= 11 is 6.71. The van der Waals surface area contributed by atoms with E-state index in [4.69, 9.17) is 9.15 Å². The summed E-state index contributed by atoms with van der Waals surface area (Å²) in [6.07, 6.45) is 2.79. The van der Waals surface area contributed by atoms with Gasteiger partial charge in [-0.1, -0.05) is 31.9 Å². The Bertz CT molecular complexity index is 1420. The molecule has 0 aliphatic rings. The maximum absolute atomic E-state index is 12.5. The predicted octanol–water partition coefficient (Wildman–Crippen LogP) is 6.04. The Kier molecular flexibility index (Phi) is 8.09. The standard InChI is InChI=1S/C26H17Br2N3O5/c27-19-7-3-17(4-8-19)26(34)36-22-12-9-20(28)14-18(22)15-29-31-24(32)16-5-10-21(11-6-16)30-25(33)23-2-1-13-35-23/h1-15H,(H,30,33)(H,31,32)/b29-15-. The third-order valence-electron chi connectivity index (χ3n) is 4.77. The van der Waals surface area contributed by atoms with Gasteiger partial charge in [0, 0.05) is 25.8 Å². The van der Waals surface area contributed by atoms with Gasteiger partial charge < -0.3 is 14.5 Å². The number of amides is 2. The number of rotatable bonds is 7. The molecule has 4 rings (SSSR count). The first-order valence-electron chi connectivity index (χ1n) is 10.4. The molecule has 0 atom stereocenters. The number of nitrogens with zero attached hydrogens (tertiary/aromatic N) is 1. The third kappa shape index (κ3) is 6.55. The first kappa shape index (κ1) is 25.1. The van der Waals surface area contributed by atoms with Crippen molar-refractivity contribution >= 4 is 61.5 Å². The normalized spacial score (nSPS) is 10.7. The zero-order valence-electron chi connectivity index (χ0n) is 18.4. The van der Waals surface area contributed by atoms with Crippen molar-refractivity contribution in [2.24, 2.45) is 5.10 Å². The Morgan fingerprint density at radius 3 is 2.22 bits per heavy atom. The van der Waals surface area contributed by atoms with Crippen LogP contribution in [0.5, 0.6) is 5.75 Å². The van der Waals surface area contributed by atoms with Crippen molar-refractivity contribution in [1.82, 2.24) is 5.43 Å². The Hall–Kier alpha value is -4.02. The molecule has 0 radical (unpaired) electrons.